The standard InChI is InChI=1S/C14H19N3O3/c1-5-13(8-20-10(2)3)17(11(4)18)7-12-6-15-9-16-14(12)19/h5-6,9H,2,7-8H2,1,3-4H3,(H,15,16,19). The third-order valence-electron chi connectivity index (χ3n) is 2.65. The third-order valence-corrected chi connectivity index (χ3v) is 2.65. The van der Waals surface area contributed by atoms with Crippen LogP contribution >= 0.6 is 0 Å². The highest BCUT2D eigenvalue weighted by molar-refractivity contribution is 5.75. The maximum atomic E-state index is 11.8. The van der Waals surface area contributed by atoms with E-state index in [1.54, 1.807) is 19.9 Å². The summed E-state index contributed by atoms with van der Waals surface area (Å²) in [4.78, 5) is 31.3. The zero-order valence-corrected chi connectivity index (χ0v) is 12.0. The Kier molecular flexibility index (Phi) is 5.71. The van der Waals surface area contributed by atoms with Crippen molar-refractivity contribution in [2.45, 2.75) is 27.3 Å². The largest absolute Gasteiger partial charge is 0.493 e. The van der Waals surface area contributed by atoms with Crippen LogP contribution in [-0.2, 0) is 16.1 Å². The average Bonchev–Trinajstić information content (AvgIpc) is 2.39. The second-order valence-corrected chi connectivity index (χ2v) is 4.28. The lowest BCUT2D eigenvalue weighted by molar-refractivity contribution is -0.127. The van der Waals surface area contributed by atoms with Crippen LogP contribution in [0.3, 0.4) is 0 Å². The minimum atomic E-state index is -0.262. The van der Waals surface area contributed by atoms with Gasteiger partial charge in [-0.1, -0.05) is 12.7 Å². The van der Waals surface area contributed by atoms with E-state index >= 15 is 0 Å². The minimum absolute atomic E-state index is 0.151. The van der Waals surface area contributed by atoms with E-state index in [1.807, 2.05) is 0 Å². The van der Waals surface area contributed by atoms with Crippen molar-refractivity contribution in [1.29, 1.82) is 0 Å². The van der Waals surface area contributed by atoms with E-state index in [4.69, 9.17) is 4.74 Å². The van der Waals surface area contributed by atoms with Gasteiger partial charge in [-0.3, -0.25) is 9.59 Å². The van der Waals surface area contributed by atoms with Crippen LogP contribution in [0.15, 0.2) is 41.4 Å². The Bertz CT molecular complexity index is 575. The fourth-order valence-corrected chi connectivity index (χ4v) is 1.59. The van der Waals surface area contributed by atoms with Gasteiger partial charge in [-0.2, -0.15) is 0 Å². The van der Waals surface area contributed by atoms with E-state index in [0.29, 0.717) is 17.0 Å². The number of H-pyrrole nitrogens is 1. The van der Waals surface area contributed by atoms with Crippen LogP contribution < -0.4 is 5.56 Å². The SMILES string of the molecule is C=C(C)OCC(=CC)N(Cc1cnc[nH]c1=O)C(C)=O. The van der Waals surface area contributed by atoms with Crippen molar-refractivity contribution in [3.05, 3.63) is 52.6 Å². The first-order valence-electron chi connectivity index (χ1n) is 6.18. The first-order chi connectivity index (χ1) is 9.45. The Balaban J connectivity index is 2.94. The lowest BCUT2D eigenvalue weighted by atomic mass is 10.2. The number of aromatic amines is 1. The molecule has 1 N–H and O–H groups in total. The van der Waals surface area contributed by atoms with Crippen molar-refractivity contribution in [2.24, 2.45) is 0 Å². The maximum Gasteiger partial charge on any atom is 0.255 e. The van der Waals surface area contributed by atoms with Gasteiger partial charge in [0.25, 0.3) is 5.56 Å². The Morgan fingerprint density at radius 1 is 1.55 bits per heavy atom. The Morgan fingerprint density at radius 3 is 2.75 bits per heavy atom. The van der Waals surface area contributed by atoms with E-state index in [0.717, 1.165) is 0 Å². The van der Waals surface area contributed by atoms with Gasteiger partial charge < -0.3 is 14.6 Å². The number of carbonyl (C=O) groups excluding carboxylic acids is 1. The number of nitrogens with zero attached hydrogens (tertiary/aromatic N) is 2. The zero-order valence-electron chi connectivity index (χ0n) is 12.0. The fraction of sp³-hybridized carbons (Fsp3) is 0.357. The number of amides is 1. The van der Waals surface area contributed by atoms with Gasteiger partial charge in [-0.25, -0.2) is 4.98 Å². The molecule has 0 saturated carbocycles. The van der Waals surface area contributed by atoms with Gasteiger partial charge in [-0.15, -0.1) is 0 Å². The molecule has 1 amide bonds. The van der Waals surface area contributed by atoms with Gasteiger partial charge in [0.1, 0.15) is 6.61 Å². The molecule has 0 bridgehead atoms. The third kappa shape index (κ3) is 4.38. The molecule has 0 atom stereocenters. The van der Waals surface area contributed by atoms with Gasteiger partial charge in [0.05, 0.1) is 29.9 Å². The fourth-order valence-electron chi connectivity index (χ4n) is 1.59. The van der Waals surface area contributed by atoms with Crippen molar-refractivity contribution in [2.75, 3.05) is 6.61 Å². The molecule has 1 heterocycles. The summed E-state index contributed by atoms with van der Waals surface area (Å²) in [5.74, 6) is 0.388. The topological polar surface area (TPSA) is 75.3 Å². The van der Waals surface area contributed by atoms with E-state index < -0.39 is 0 Å². The van der Waals surface area contributed by atoms with Crippen molar-refractivity contribution in [1.82, 2.24) is 14.9 Å². The van der Waals surface area contributed by atoms with Gasteiger partial charge in [0.15, 0.2) is 0 Å². The lowest BCUT2D eigenvalue weighted by Gasteiger charge is -2.24. The average molecular weight is 277 g/mol. The molecular weight excluding hydrogens is 258 g/mol. The molecule has 1 aromatic heterocycles. The summed E-state index contributed by atoms with van der Waals surface area (Å²) in [5, 5.41) is 0. The Hall–Kier alpha value is -2.37. The number of hydrogen-bond donors (Lipinski definition) is 1. The number of nitrogens with one attached hydrogen (secondary N) is 1. The summed E-state index contributed by atoms with van der Waals surface area (Å²) in [6, 6.07) is 0. The maximum absolute atomic E-state index is 11.8. The molecule has 0 aliphatic rings. The van der Waals surface area contributed by atoms with Crippen LogP contribution in [0.1, 0.15) is 26.3 Å². The molecule has 0 aliphatic carbocycles. The minimum Gasteiger partial charge on any atom is -0.493 e. The smallest absolute Gasteiger partial charge is 0.255 e. The summed E-state index contributed by atoms with van der Waals surface area (Å²) in [7, 11) is 0. The molecule has 6 heteroatoms. The summed E-state index contributed by atoms with van der Waals surface area (Å²) < 4.78 is 5.34. The van der Waals surface area contributed by atoms with Gasteiger partial charge in [0.2, 0.25) is 5.91 Å². The predicted octanol–water partition coefficient (Wildman–Crippen LogP) is 1.57. The monoisotopic (exact) mass is 277 g/mol. The number of aromatic nitrogens is 2. The molecule has 0 radical (unpaired) electrons. The van der Waals surface area contributed by atoms with Crippen LogP contribution in [0, 0.1) is 0 Å². The molecule has 0 fully saturated rings. The summed E-state index contributed by atoms with van der Waals surface area (Å²) in [6.45, 7) is 9.00. The van der Waals surface area contributed by atoms with E-state index in [1.165, 1.54) is 24.3 Å². The number of rotatable bonds is 6. The summed E-state index contributed by atoms with van der Waals surface area (Å²) in [5.41, 5.74) is 0.823. The number of hydrogen-bond acceptors (Lipinski definition) is 4. The van der Waals surface area contributed by atoms with E-state index in [9.17, 15) is 9.59 Å². The second kappa shape index (κ2) is 7.28. The summed E-state index contributed by atoms with van der Waals surface area (Å²) in [6.07, 6.45) is 4.53. The summed E-state index contributed by atoms with van der Waals surface area (Å²) >= 11 is 0. The van der Waals surface area contributed by atoms with E-state index in [-0.39, 0.29) is 24.6 Å². The van der Waals surface area contributed by atoms with Crippen molar-refractivity contribution >= 4 is 5.91 Å². The van der Waals surface area contributed by atoms with Gasteiger partial charge in [0, 0.05) is 13.1 Å². The molecular formula is C14H19N3O3. The second-order valence-electron chi connectivity index (χ2n) is 4.28. The lowest BCUT2D eigenvalue weighted by Crippen LogP contribution is -2.32. The number of allylic oxidation sites excluding steroid dienone is 2. The zero-order chi connectivity index (χ0) is 15.1. The molecule has 0 aromatic carbocycles. The molecule has 1 rings (SSSR count). The van der Waals surface area contributed by atoms with Crippen molar-refractivity contribution in [3.8, 4) is 0 Å². The molecule has 1 aromatic rings. The van der Waals surface area contributed by atoms with Crippen LogP contribution in [0.5, 0.6) is 0 Å². The molecule has 0 saturated heterocycles. The van der Waals surface area contributed by atoms with Crippen LogP contribution in [-0.4, -0.2) is 27.4 Å². The van der Waals surface area contributed by atoms with Crippen LogP contribution in [0.2, 0.25) is 0 Å². The van der Waals surface area contributed by atoms with Crippen LogP contribution in [0.4, 0.5) is 0 Å². The highest BCUT2D eigenvalue weighted by atomic mass is 16.5. The first kappa shape index (κ1) is 15.7. The highest BCUT2D eigenvalue weighted by Gasteiger charge is 2.16. The van der Waals surface area contributed by atoms with E-state index in [2.05, 4.69) is 16.5 Å². The van der Waals surface area contributed by atoms with Gasteiger partial charge >= 0.3 is 0 Å². The van der Waals surface area contributed by atoms with Crippen molar-refractivity contribution in [3.63, 3.8) is 0 Å². The Labute approximate surface area is 117 Å². The molecule has 0 spiro atoms. The van der Waals surface area contributed by atoms with Crippen molar-refractivity contribution < 1.29 is 9.53 Å². The molecule has 0 aliphatic heterocycles. The Morgan fingerprint density at radius 2 is 2.25 bits per heavy atom. The van der Waals surface area contributed by atoms with Crippen LogP contribution in [0.25, 0.3) is 0 Å². The normalized spacial score (nSPS) is 11.1. The molecule has 108 valence electrons. The molecule has 6 nitrogen and oxygen atoms in total. The quantitative estimate of drug-likeness (QED) is 0.801. The predicted molar refractivity (Wildman–Crippen MR) is 75.6 cm³/mol. The van der Waals surface area contributed by atoms with Gasteiger partial charge in [-0.05, 0) is 13.8 Å². The first-order valence-corrected chi connectivity index (χ1v) is 6.18. The molecule has 20 heavy (non-hydrogen) atoms. The number of ether oxygens (including phenoxy) is 1. The number of carbonyl (C=O) groups is 1. The highest BCUT2D eigenvalue weighted by Crippen LogP contribution is 2.11. The molecule has 0 unspecified atom stereocenters.